The zero-order valence-electron chi connectivity index (χ0n) is 14.1. The van der Waals surface area contributed by atoms with E-state index in [2.05, 4.69) is 13.0 Å². The number of rotatable bonds is 12. The molecule has 0 aromatic carbocycles. The van der Waals surface area contributed by atoms with Gasteiger partial charge >= 0.3 is 0 Å². The van der Waals surface area contributed by atoms with Crippen LogP contribution < -0.4 is 0 Å². The van der Waals surface area contributed by atoms with Crippen LogP contribution in [0.1, 0.15) is 90.4 Å². The minimum atomic E-state index is 1.00. The van der Waals surface area contributed by atoms with Crippen molar-refractivity contribution in [2.24, 2.45) is 11.8 Å². The van der Waals surface area contributed by atoms with Crippen molar-refractivity contribution in [3.05, 3.63) is 24.5 Å². The molecule has 21 heavy (non-hydrogen) atoms. The van der Waals surface area contributed by atoms with Crippen LogP contribution in [0.4, 0.5) is 0 Å². The Hall–Kier alpha value is -0.720. The summed E-state index contributed by atoms with van der Waals surface area (Å²) in [6, 6.07) is 0. The van der Waals surface area contributed by atoms with Gasteiger partial charge in [-0.1, -0.05) is 83.3 Å². The number of hydrogen-bond donors (Lipinski definition) is 1. The van der Waals surface area contributed by atoms with Gasteiger partial charge in [0.25, 0.3) is 0 Å². The molecule has 0 spiro atoms. The molecule has 1 N–H and O–H groups in total. The van der Waals surface area contributed by atoms with Crippen LogP contribution in [0, 0.1) is 11.8 Å². The third kappa shape index (κ3) is 9.01. The lowest BCUT2D eigenvalue weighted by Crippen LogP contribution is -2.07. The summed E-state index contributed by atoms with van der Waals surface area (Å²) >= 11 is 0. The Kier molecular flexibility index (Phi) is 11.3. The Balaban J connectivity index is 2.05. The van der Waals surface area contributed by atoms with Gasteiger partial charge in [0.2, 0.25) is 0 Å². The maximum absolute atomic E-state index is 8.55. The molecule has 0 aromatic rings. The van der Waals surface area contributed by atoms with Gasteiger partial charge in [-0.2, -0.15) is 0 Å². The second kappa shape index (κ2) is 13.0. The Morgan fingerprint density at radius 2 is 1.52 bits per heavy atom. The lowest BCUT2D eigenvalue weighted by atomic mass is 9.87. The van der Waals surface area contributed by atoms with Crippen molar-refractivity contribution >= 4 is 0 Å². The molecule has 2 atom stereocenters. The van der Waals surface area contributed by atoms with E-state index in [-0.39, 0.29) is 0 Å². The first-order valence-electron chi connectivity index (χ1n) is 9.34. The summed E-state index contributed by atoms with van der Waals surface area (Å²) in [5, 5.41) is 8.55. The third-order valence-corrected chi connectivity index (χ3v) is 5.02. The molecule has 1 saturated carbocycles. The number of aliphatic hydroxyl groups is 1. The smallest absolute Gasteiger partial charge is 0.0791 e. The van der Waals surface area contributed by atoms with Crippen LogP contribution in [0.2, 0.25) is 0 Å². The van der Waals surface area contributed by atoms with Gasteiger partial charge in [0.1, 0.15) is 0 Å². The molecule has 0 heterocycles. The summed E-state index contributed by atoms with van der Waals surface area (Å²) < 4.78 is 0. The number of aliphatic hydroxyl groups excluding tert-OH is 1. The van der Waals surface area contributed by atoms with Gasteiger partial charge in [-0.15, -0.1) is 0 Å². The van der Waals surface area contributed by atoms with Crippen LogP contribution in [-0.4, -0.2) is 5.11 Å². The molecular weight excluding hydrogens is 256 g/mol. The summed E-state index contributed by atoms with van der Waals surface area (Å²) in [5.41, 5.74) is 0. The fraction of sp³-hybridized carbons (Fsp3) is 0.800. The highest BCUT2D eigenvalue weighted by Gasteiger charge is 2.25. The van der Waals surface area contributed by atoms with Crippen LogP contribution in [0.15, 0.2) is 24.5 Å². The molecule has 0 aliphatic heterocycles. The summed E-state index contributed by atoms with van der Waals surface area (Å²) in [7, 11) is 0. The number of hydrogen-bond acceptors (Lipinski definition) is 1. The molecule has 1 heteroatoms. The third-order valence-electron chi connectivity index (χ3n) is 5.02. The molecule has 0 amide bonds. The molecule has 0 aromatic heterocycles. The molecule has 1 fully saturated rings. The quantitative estimate of drug-likeness (QED) is 0.234. The van der Waals surface area contributed by atoms with Crippen molar-refractivity contribution in [1.29, 1.82) is 0 Å². The summed E-state index contributed by atoms with van der Waals surface area (Å²) in [6.45, 7) is 2.29. The topological polar surface area (TPSA) is 20.2 Å². The van der Waals surface area contributed by atoms with Crippen LogP contribution in [-0.2, 0) is 0 Å². The Morgan fingerprint density at radius 3 is 2.24 bits per heavy atom. The second-order valence-corrected chi connectivity index (χ2v) is 6.71. The maximum atomic E-state index is 8.55. The van der Waals surface area contributed by atoms with Crippen LogP contribution in [0.25, 0.3) is 0 Å². The van der Waals surface area contributed by atoms with Gasteiger partial charge in [0.15, 0.2) is 0 Å². The average molecular weight is 293 g/mol. The SMILES string of the molecule is CCCCCCCC[C@H]1CCC[C@@H]1CCC/C=C/C=C/O. The molecule has 0 radical (unpaired) electrons. The van der Waals surface area contributed by atoms with Gasteiger partial charge in [-0.05, 0) is 37.2 Å². The largest absolute Gasteiger partial charge is 0.516 e. The maximum Gasteiger partial charge on any atom is 0.0791 e. The monoisotopic (exact) mass is 292 g/mol. The zero-order chi connectivity index (χ0) is 15.2. The van der Waals surface area contributed by atoms with Crippen molar-refractivity contribution in [2.75, 3.05) is 0 Å². The van der Waals surface area contributed by atoms with E-state index in [1.165, 1.54) is 77.0 Å². The lowest BCUT2D eigenvalue weighted by molar-refractivity contribution is 0.327. The van der Waals surface area contributed by atoms with E-state index in [0.29, 0.717) is 0 Å². The number of allylic oxidation sites excluding steroid dienone is 3. The highest BCUT2D eigenvalue weighted by Crippen LogP contribution is 2.38. The normalized spacial score (nSPS) is 22.7. The minimum Gasteiger partial charge on any atom is -0.516 e. The molecule has 0 saturated heterocycles. The van der Waals surface area contributed by atoms with E-state index in [9.17, 15) is 0 Å². The van der Waals surface area contributed by atoms with Gasteiger partial charge in [-0.25, -0.2) is 0 Å². The molecule has 0 unspecified atom stereocenters. The Morgan fingerprint density at radius 1 is 0.857 bits per heavy atom. The van der Waals surface area contributed by atoms with E-state index in [1.54, 1.807) is 6.08 Å². The summed E-state index contributed by atoms with van der Waals surface area (Å²) in [5.74, 6) is 2.03. The van der Waals surface area contributed by atoms with Crippen molar-refractivity contribution in [3.63, 3.8) is 0 Å². The molecular formula is C20H36O. The minimum absolute atomic E-state index is 1.00. The summed E-state index contributed by atoms with van der Waals surface area (Å²) in [6.07, 6.45) is 25.3. The number of unbranched alkanes of at least 4 members (excludes halogenated alkanes) is 6. The van der Waals surface area contributed by atoms with E-state index < -0.39 is 0 Å². The first-order chi connectivity index (χ1) is 10.4. The van der Waals surface area contributed by atoms with Gasteiger partial charge in [-0.3, -0.25) is 0 Å². The lowest BCUT2D eigenvalue weighted by Gasteiger charge is -2.19. The van der Waals surface area contributed by atoms with Crippen LogP contribution >= 0.6 is 0 Å². The van der Waals surface area contributed by atoms with E-state index in [0.717, 1.165) is 24.5 Å². The van der Waals surface area contributed by atoms with Gasteiger partial charge < -0.3 is 5.11 Å². The highest BCUT2D eigenvalue weighted by atomic mass is 16.2. The molecule has 1 aliphatic rings. The molecule has 122 valence electrons. The Bertz CT molecular complexity index is 280. The fourth-order valence-electron chi connectivity index (χ4n) is 3.78. The fourth-order valence-corrected chi connectivity index (χ4v) is 3.78. The van der Waals surface area contributed by atoms with E-state index in [4.69, 9.17) is 5.11 Å². The van der Waals surface area contributed by atoms with Crippen LogP contribution in [0.5, 0.6) is 0 Å². The highest BCUT2D eigenvalue weighted by molar-refractivity contribution is 4.98. The predicted octanol–water partition coefficient (Wildman–Crippen LogP) is 6.95. The molecule has 1 nitrogen and oxygen atoms in total. The van der Waals surface area contributed by atoms with Gasteiger partial charge in [0.05, 0.1) is 6.26 Å². The van der Waals surface area contributed by atoms with Crippen molar-refractivity contribution in [2.45, 2.75) is 90.4 Å². The van der Waals surface area contributed by atoms with Crippen molar-refractivity contribution in [1.82, 2.24) is 0 Å². The standard InChI is InChI=1S/C20H36O/c1-2-3-4-5-7-10-14-19-16-13-17-20(19)15-11-8-6-9-12-18-21/h6,9,12,18-21H,2-5,7-8,10-11,13-17H2,1H3/b9-6+,18-12+/t19-,20-/m0/s1. The van der Waals surface area contributed by atoms with Gasteiger partial charge in [0, 0.05) is 0 Å². The first kappa shape index (κ1) is 18.3. The van der Waals surface area contributed by atoms with Crippen LogP contribution in [0.3, 0.4) is 0 Å². The van der Waals surface area contributed by atoms with E-state index >= 15 is 0 Å². The molecule has 1 aliphatic carbocycles. The molecule has 0 bridgehead atoms. The van der Waals surface area contributed by atoms with Crippen molar-refractivity contribution < 1.29 is 5.11 Å². The average Bonchev–Trinajstić information content (AvgIpc) is 2.94. The zero-order valence-corrected chi connectivity index (χ0v) is 14.1. The van der Waals surface area contributed by atoms with Crippen molar-refractivity contribution in [3.8, 4) is 0 Å². The van der Waals surface area contributed by atoms with E-state index in [1.807, 2.05) is 6.08 Å². The first-order valence-corrected chi connectivity index (χ1v) is 9.34. The summed E-state index contributed by atoms with van der Waals surface area (Å²) in [4.78, 5) is 0. The predicted molar refractivity (Wildman–Crippen MR) is 93.6 cm³/mol. The molecule has 1 rings (SSSR count). The Labute approximate surface area is 132 Å². The second-order valence-electron chi connectivity index (χ2n) is 6.71.